The van der Waals surface area contributed by atoms with Crippen molar-refractivity contribution in [2.24, 2.45) is 4.99 Å². The highest BCUT2D eigenvalue weighted by atomic mass is 127. The van der Waals surface area contributed by atoms with E-state index in [1.54, 1.807) is 0 Å². The van der Waals surface area contributed by atoms with Gasteiger partial charge in [-0.25, -0.2) is 0 Å². The Balaban J connectivity index is 0.00000289. The van der Waals surface area contributed by atoms with Crippen LogP contribution in [0.5, 0.6) is 0 Å². The lowest BCUT2D eigenvalue weighted by molar-refractivity contribution is 0.241. The van der Waals surface area contributed by atoms with Crippen molar-refractivity contribution in [3.8, 4) is 0 Å². The fourth-order valence-corrected chi connectivity index (χ4v) is 2.48. The van der Waals surface area contributed by atoms with E-state index in [1.165, 1.54) is 32.4 Å². The van der Waals surface area contributed by atoms with Crippen LogP contribution in [0.4, 0.5) is 0 Å². The van der Waals surface area contributed by atoms with E-state index in [2.05, 4.69) is 49.8 Å². The molecule has 1 fully saturated rings. The molecule has 5 heteroatoms. The molecule has 18 heavy (non-hydrogen) atoms. The van der Waals surface area contributed by atoms with Gasteiger partial charge in [0.25, 0.3) is 0 Å². The molecule has 1 heterocycles. The largest absolute Gasteiger partial charge is 0.349 e. The average molecular weight is 368 g/mol. The predicted molar refractivity (Wildman–Crippen MR) is 90.0 cm³/mol. The van der Waals surface area contributed by atoms with Crippen LogP contribution in [0.25, 0.3) is 0 Å². The van der Waals surface area contributed by atoms with Crippen molar-refractivity contribution in [3.63, 3.8) is 0 Å². The van der Waals surface area contributed by atoms with Gasteiger partial charge < -0.3 is 9.80 Å². The summed E-state index contributed by atoms with van der Waals surface area (Å²) in [5.41, 5.74) is 0. The number of likely N-dealkylation sites (tertiary alicyclic amines) is 1. The van der Waals surface area contributed by atoms with Gasteiger partial charge in [0.2, 0.25) is 0 Å². The zero-order valence-corrected chi connectivity index (χ0v) is 14.8. The monoisotopic (exact) mass is 368 g/mol. The van der Waals surface area contributed by atoms with Crippen LogP contribution in [0.15, 0.2) is 4.99 Å². The summed E-state index contributed by atoms with van der Waals surface area (Å²) >= 11 is 0. The van der Waals surface area contributed by atoms with Gasteiger partial charge in [0.05, 0.1) is 6.54 Å². The average Bonchev–Trinajstić information content (AvgIpc) is 2.76. The second-order valence-corrected chi connectivity index (χ2v) is 5.23. The van der Waals surface area contributed by atoms with Gasteiger partial charge in [-0.1, -0.05) is 6.92 Å². The van der Waals surface area contributed by atoms with Crippen LogP contribution in [-0.2, 0) is 0 Å². The molecule has 0 spiro atoms. The van der Waals surface area contributed by atoms with Crippen LogP contribution in [0.2, 0.25) is 0 Å². The van der Waals surface area contributed by atoms with E-state index in [0.29, 0.717) is 6.04 Å². The van der Waals surface area contributed by atoms with Gasteiger partial charge in [-0.15, -0.1) is 24.0 Å². The maximum atomic E-state index is 4.77. The Morgan fingerprint density at radius 2 is 1.61 bits per heavy atom. The first-order valence-electron chi connectivity index (χ1n) is 6.69. The zero-order chi connectivity index (χ0) is 12.8. The van der Waals surface area contributed by atoms with E-state index in [0.717, 1.165) is 12.5 Å². The number of hydrogen-bond acceptors (Lipinski definition) is 2. The van der Waals surface area contributed by atoms with E-state index in [9.17, 15) is 0 Å². The minimum Gasteiger partial charge on any atom is -0.349 e. The van der Waals surface area contributed by atoms with Gasteiger partial charge in [-0.2, -0.15) is 0 Å². The first-order valence-corrected chi connectivity index (χ1v) is 6.69. The number of guanidine groups is 1. The number of nitrogens with zero attached hydrogens (tertiary/aromatic N) is 4. The molecule has 4 nitrogen and oxygen atoms in total. The van der Waals surface area contributed by atoms with Gasteiger partial charge in [-0.3, -0.25) is 9.89 Å². The van der Waals surface area contributed by atoms with Gasteiger partial charge in [0.1, 0.15) is 0 Å². The van der Waals surface area contributed by atoms with Crippen LogP contribution >= 0.6 is 24.0 Å². The van der Waals surface area contributed by atoms with Crippen LogP contribution in [0.1, 0.15) is 26.2 Å². The maximum Gasteiger partial charge on any atom is 0.195 e. The lowest BCUT2D eigenvalue weighted by Crippen LogP contribution is -2.39. The second kappa shape index (κ2) is 8.96. The van der Waals surface area contributed by atoms with Crippen molar-refractivity contribution < 1.29 is 0 Å². The number of aliphatic imine (C=N–C) groups is 1. The molecule has 0 aromatic heterocycles. The highest BCUT2D eigenvalue weighted by Crippen LogP contribution is 2.14. The Morgan fingerprint density at radius 3 is 2.00 bits per heavy atom. The molecule has 0 aromatic carbocycles. The minimum atomic E-state index is 0. The predicted octanol–water partition coefficient (Wildman–Crippen LogP) is 1.96. The minimum absolute atomic E-state index is 0. The molecule has 0 saturated carbocycles. The highest BCUT2D eigenvalue weighted by Gasteiger charge is 2.20. The molecule has 1 atom stereocenters. The summed E-state index contributed by atoms with van der Waals surface area (Å²) in [5, 5.41) is 0. The van der Waals surface area contributed by atoms with E-state index in [-0.39, 0.29) is 24.0 Å². The quantitative estimate of drug-likeness (QED) is 0.430. The number of rotatable bonds is 4. The SMILES string of the molecule is CCC(CN=C(N(C)C)N(C)C)N1CCCC1.I. The molecule has 0 bridgehead atoms. The Labute approximate surface area is 129 Å². The van der Waals surface area contributed by atoms with Crippen LogP contribution in [0, 0.1) is 0 Å². The van der Waals surface area contributed by atoms with Crippen LogP contribution in [-0.4, -0.2) is 74.5 Å². The summed E-state index contributed by atoms with van der Waals surface area (Å²) in [4.78, 5) is 11.5. The summed E-state index contributed by atoms with van der Waals surface area (Å²) in [6.07, 6.45) is 3.90. The molecule has 0 radical (unpaired) electrons. The Morgan fingerprint density at radius 1 is 1.11 bits per heavy atom. The lowest BCUT2D eigenvalue weighted by Gasteiger charge is -2.27. The Hall–Kier alpha value is -0.0400. The van der Waals surface area contributed by atoms with Gasteiger partial charge in [0, 0.05) is 34.2 Å². The van der Waals surface area contributed by atoms with E-state index in [1.807, 2.05) is 0 Å². The van der Waals surface area contributed by atoms with Crippen molar-refractivity contribution >= 4 is 29.9 Å². The van der Waals surface area contributed by atoms with Crippen molar-refractivity contribution in [2.45, 2.75) is 32.2 Å². The van der Waals surface area contributed by atoms with Gasteiger partial charge in [-0.05, 0) is 32.4 Å². The molecule has 0 N–H and O–H groups in total. The van der Waals surface area contributed by atoms with E-state index >= 15 is 0 Å². The number of halogens is 1. The Kier molecular flexibility index (Phi) is 8.94. The first kappa shape index (κ1) is 18.0. The smallest absolute Gasteiger partial charge is 0.195 e. The molecule has 1 unspecified atom stereocenters. The topological polar surface area (TPSA) is 22.1 Å². The summed E-state index contributed by atoms with van der Waals surface area (Å²) in [6.45, 7) is 5.70. The molecule has 0 amide bonds. The van der Waals surface area contributed by atoms with Crippen molar-refractivity contribution in [1.82, 2.24) is 14.7 Å². The summed E-state index contributed by atoms with van der Waals surface area (Å²) in [5.74, 6) is 1.06. The van der Waals surface area contributed by atoms with Crippen molar-refractivity contribution in [2.75, 3.05) is 47.8 Å². The fraction of sp³-hybridized carbons (Fsp3) is 0.923. The molecule has 1 aliphatic heterocycles. The third kappa shape index (κ3) is 5.30. The van der Waals surface area contributed by atoms with Gasteiger partial charge in [0.15, 0.2) is 5.96 Å². The molecule has 0 aromatic rings. The molecule has 1 aliphatic rings. The third-order valence-corrected chi connectivity index (χ3v) is 3.37. The summed E-state index contributed by atoms with van der Waals surface area (Å²) < 4.78 is 0. The van der Waals surface area contributed by atoms with Crippen molar-refractivity contribution in [3.05, 3.63) is 0 Å². The lowest BCUT2D eigenvalue weighted by atomic mass is 10.2. The Bertz CT molecular complexity index is 237. The molecular formula is C13H29IN4. The third-order valence-electron chi connectivity index (χ3n) is 3.37. The second-order valence-electron chi connectivity index (χ2n) is 5.23. The summed E-state index contributed by atoms with van der Waals surface area (Å²) in [6, 6.07) is 0.618. The van der Waals surface area contributed by atoms with E-state index in [4.69, 9.17) is 4.99 Å². The molecule has 108 valence electrons. The standard InChI is InChI=1S/C13H28N4.HI/c1-6-12(17-9-7-8-10-17)11-14-13(15(2)3)16(4)5;/h12H,6-11H2,1-5H3;1H. The molecule has 0 aliphatic carbocycles. The van der Waals surface area contributed by atoms with Crippen molar-refractivity contribution in [1.29, 1.82) is 0 Å². The van der Waals surface area contributed by atoms with E-state index < -0.39 is 0 Å². The van der Waals surface area contributed by atoms with Crippen LogP contribution < -0.4 is 0 Å². The summed E-state index contributed by atoms with van der Waals surface area (Å²) in [7, 11) is 8.20. The normalized spacial score (nSPS) is 16.9. The van der Waals surface area contributed by atoms with Crippen LogP contribution in [0.3, 0.4) is 0 Å². The first-order chi connectivity index (χ1) is 8.06. The maximum absolute atomic E-state index is 4.77. The zero-order valence-electron chi connectivity index (χ0n) is 12.5. The fourth-order valence-electron chi connectivity index (χ4n) is 2.48. The number of hydrogen-bond donors (Lipinski definition) is 0. The molecule has 1 saturated heterocycles. The van der Waals surface area contributed by atoms with Gasteiger partial charge >= 0.3 is 0 Å². The highest BCUT2D eigenvalue weighted by molar-refractivity contribution is 14.0. The molecule has 1 rings (SSSR count). The molecular weight excluding hydrogens is 339 g/mol.